The highest BCUT2D eigenvalue weighted by molar-refractivity contribution is 6.08. The maximum absolute atomic E-state index is 13.4. The number of hydrogen-bond acceptors (Lipinski definition) is 5. The van der Waals surface area contributed by atoms with E-state index in [1.54, 1.807) is 23.1 Å². The summed E-state index contributed by atoms with van der Waals surface area (Å²) in [4.78, 5) is 27.4. The van der Waals surface area contributed by atoms with Crippen molar-refractivity contribution in [1.29, 1.82) is 0 Å². The molecular weight excluding hydrogens is 370 g/mol. The molecule has 0 unspecified atom stereocenters. The summed E-state index contributed by atoms with van der Waals surface area (Å²) in [5.41, 5.74) is 2.73. The zero-order valence-corrected chi connectivity index (χ0v) is 15.5. The summed E-state index contributed by atoms with van der Waals surface area (Å²) < 4.78 is 11.0. The number of esters is 1. The van der Waals surface area contributed by atoms with Gasteiger partial charge >= 0.3 is 5.97 Å². The Morgan fingerprint density at radius 1 is 1.00 bits per heavy atom. The van der Waals surface area contributed by atoms with Crippen molar-refractivity contribution < 1.29 is 24.2 Å². The van der Waals surface area contributed by atoms with Gasteiger partial charge < -0.3 is 14.6 Å². The molecule has 3 aromatic carbocycles. The van der Waals surface area contributed by atoms with Gasteiger partial charge in [-0.15, -0.1) is 0 Å². The van der Waals surface area contributed by atoms with E-state index in [4.69, 9.17) is 9.47 Å². The molecule has 2 atom stereocenters. The van der Waals surface area contributed by atoms with Gasteiger partial charge in [0.25, 0.3) is 5.91 Å². The molecular formula is C23H17NO5. The fraction of sp³-hybridized carbons (Fsp3) is 0.130. The Bertz CT molecular complexity index is 1140. The Labute approximate surface area is 166 Å². The van der Waals surface area contributed by atoms with Crippen molar-refractivity contribution in [1.82, 2.24) is 0 Å². The lowest BCUT2D eigenvalue weighted by atomic mass is 9.89. The number of phenols is 1. The van der Waals surface area contributed by atoms with Crippen molar-refractivity contribution in [3.63, 3.8) is 0 Å². The van der Waals surface area contributed by atoms with Gasteiger partial charge in [-0.2, -0.15) is 0 Å². The molecule has 0 bridgehead atoms. The first-order valence-corrected chi connectivity index (χ1v) is 9.20. The average Bonchev–Trinajstić information content (AvgIpc) is 3.28. The summed E-state index contributed by atoms with van der Waals surface area (Å²) in [6, 6.07) is 19.5. The summed E-state index contributed by atoms with van der Waals surface area (Å²) in [7, 11) is 1.27. The van der Waals surface area contributed by atoms with E-state index in [-0.39, 0.29) is 17.2 Å². The van der Waals surface area contributed by atoms with Gasteiger partial charge in [0.2, 0.25) is 0 Å². The van der Waals surface area contributed by atoms with Crippen LogP contribution in [-0.2, 0) is 4.74 Å². The number of ether oxygens (including phenoxy) is 2. The molecule has 0 saturated carbocycles. The lowest BCUT2D eigenvalue weighted by molar-refractivity contribution is 0.0596. The maximum atomic E-state index is 13.4. The second kappa shape index (κ2) is 6.38. The fourth-order valence-corrected chi connectivity index (χ4v) is 4.22. The van der Waals surface area contributed by atoms with E-state index in [0.29, 0.717) is 16.9 Å². The van der Waals surface area contributed by atoms with Gasteiger partial charge in [-0.05, 0) is 35.9 Å². The molecule has 3 aromatic rings. The number of aromatic hydroxyl groups is 1. The molecule has 0 aromatic heterocycles. The third-order valence-corrected chi connectivity index (χ3v) is 5.44. The van der Waals surface area contributed by atoms with Crippen LogP contribution in [0.25, 0.3) is 0 Å². The Morgan fingerprint density at radius 2 is 1.72 bits per heavy atom. The van der Waals surface area contributed by atoms with Gasteiger partial charge in [0.1, 0.15) is 17.1 Å². The zero-order chi connectivity index (χ0) is 20.1. The monoisotopic (exact) mass is 387 g/mol. The van der Waals surface area contributed by atoms with Gasteiger partial charge in [0, 0.05) is 11.1 Å². The van der Waals surface area contributed by atoms with Gasteiger partial charge in [-0.25, -0.2) is 4.79 Å². The normalized spacial score (nSPS) is 18.4. The van der Waals surface area contributed by atoms with Crippen molar-refractivity contribution in [2.24, 2.45) is 0 Å². The molecule has 29 heavy (non-hydrogen) atoms. The van der Waals surface area contributed by atoms with E-state index >= 15 is 0 Å². The van der Waals surface area contributed by atoms with Crippen molar-refractivity contribution in [3.05, 3.63) is 89.0 Å². The molecule has 5 rings (SSSR count). The average molecular weight is 387 g/mol. The topological polar surface area (TPSA) is 76.1 Å². The molecule has 0 aliphatic carbocycles. The van der Waals surface area contributed by atoms with E-state index in [0.717, 1.165) is 11.3 Å². The number of anilines is 1. The number of phenolic OH excluding ortho intramolecular Hbond substituents is 1. The number of hydrogen-bond donors (Lipinski definition) is 1. The molecule has 2 aliphatic heterocycles. The minimum absolute atomic E-state index is 0.0707. The Hall–Kier alpha value is -3.80. The minimum atomic E-state index is -0.652. The predicted molar refractivity (Wildman–Crippen MR) is 105 cm³/mol. The van der Waals surface area contributed by atoms with Crippen LogP contribution in [0.3, 0.4) is 0 Å². The number of para-hydroxylation sites is 1. The molecule has 0 spiro atoms. The highest BCUT2D eigenvalue weighted by atomic mass is 16.5. The molecule has 144 valence electrons. The molecule has 2 heterocycles. The van der Waals surface area contributed by atoms with Gasteiger partial charge in [-0.1, -0.05) is 36.4 Å². The quantitative estimate of drug-likeness (QED) is 0.679. The van der Waals surface area contributed by atoms with Crippen molar-refractivity contribution in [2.75, 3.05) is 12.0 Å². The number of carbonyl (C=O) groups is 2. The molecule has 1 amide bonds. The van der Waals surface area contributed by atoms with Crippen molar-refractivity contribution >= 4 is 17.6 Å². The van der Waals surface area contributed by atoms with Gasteiger partial charge in [0.15, 0.2) is 6.23 Å². The zero-order valence-electron chi connectivity index (χ0n) is 15.5. The smallest absolute Gasteiger partial charge is 0.342 e. The van der Waals surface area contributed by atoms with Crippen molar-refractivity contribution in [3.8, 4) is 11.5 Å². The van der Waals surface area contributed by atoms with E-state index in [9.17, 15) is 14.7 Å². The Balaban J connectivity index is 1.69. The third-order valence-electron chi connectivity index (χ3n) is 5.44. The number of amides is 1. The summed E-state index contributed by atoms with van der Waals surface area (Å²) in [5.74, 6) is -0.963. The van der Waals surface area contributed by atoms with Gasteiger partial charge in [0.05, 0.1) is 18.7 Å². The second-order valence-electron chi connectivity index (χ2n) is 6.95. The minimum Gasteiger partial charge on any atom is -0.507 e. The predicted octanol–water partition coefficient (Wildman–Crippen LogP) is 3.69. The SMILES string of the molecule is COC(=O)c1c(O)ccc2c1[C@H]1c3ccccc3N(C(=O)c3ccccc3)[C@H]1O2. The van der Waals surface area contributed by atoms with Crippen LogP contribution in [-0.4, -0.2) is 30.3 Å². The molecule has 1 N–H and O–H groups in total. The highest BCUT2D eigenvalue weighted by Crippen LogP contribution is 2.54. The standard InChI is InChI=1S/C23H17NO5/c1-28-23(27)19-16(25)11-12-17-20(19)18-14-9-5-6-10-15(14)24(22(18)29-17)21(26)13-7-3-2-4-8-13/h2-12,18,22,25H,1H3/t18-,22+/m1/s1. The van der Waals surface area contributed by atoms with E-state index < -0.39 is 18.1 Å². The number of benzene rings is 3. The van der Waals surface area contributed by atoms with Crippen LogP contribution in [0.1, 0.15) is 37.8 Å². The number of carbonyl (C=O) groups excluding carboxylic acids is 2. The molecule has 6 heteroatoms. The number of rotatable bonds is 2. The number of nitrogens with zero attached hydrogens (tertiary/aromatic N) is 1. The first kappa shape index (κ1) is 17.3. The van der Waals surface area contributed by atoms with Crippen LogP contribution in [0.4, 0.5) is 5.69 Å². The first-order chi connectivity index (χ1) is 14.1. The molecule has 0 radical (unpaired) electrons. The van der Waals surface area contributed by atoms with E-state index in [1.807, 2.05) is 42.5 Å². The van der Waals surface area contributed by atoms with E-state index in [1.165, 1.54) is 13.2 Å². The summed E-state index contributed by atoms with van der Waals surface area (Å²) in [6.07, 6.45) is -0.652. The van der Waals surface area contributed by atoms with Crippen molar-refractivity contribution in [2.45, 2.75) is 12.1 Å². The third kappa shape index (κ3) is 2.42. The molecule has 0 fully saturated rings. The van der Waals surface area contributed by atoms with Crippen LogP contribution < -0.4 is 9.64 Å². The summed E-state index contributed by atoms with van der Waals surface area (Å²) in [5, 5.41) is 10.4. The highest BCUT2D eigenvalue weighted by Gasteiger charge is 2.51. The van der Waals surface area contributed by atoms with Gasteiger partial charge in [-0.3, -0.25) is 9.69 Å². The van der Waals surface area contributed by atoms with Crippen LogP contribution in [0.15, 0.2) is 66.7 Å². The first-order valence-electron chi connectivity index (χ1n) is 9.20. The summed E-state index contributed by atoms with van der Waals surface area (Å²) >= 11 is 0. The lowest BCUT2D eigenvalue weighted by Gasteiger charge is -2.24. The Morgan fingerprint density at radius 3 is 2.48 bits per heavy atom. The van der Waals surface area contributed by atoms with Crippen LogP contribution in [0.5, 0.6) is 11.5 Å². The van der Waals surface area contributed by atoms with E-state index in [2.05, 4.69) is 0 Å². The lowest BCUT2D eigenvalue weighted by Crippen LogP contribution is -2.41. The largest absolute Gasteiger partial charge is 0.507 e. The Kier molecular flexibility index (Phi) is 3.81. The summed E-state index contributed by atoms with van der Waals surface area (Å²) in [6.45, 7) is 0. The fourth-order valence-electron chi connectivity index (χ4n) is 4.22. The van der Waals surface area contributed by atoms with Crippen LogP contribution in [0.2, 0.25) is 0 Å². The number of fused-ring (bicyclic) bond motifs is 5. The molecule has 2 aliphatic rings. The second-order valence-corrected chi connectivity index (χ2v) is 6.95. The maximum Gasteiger partial charge on any atom is 0.342 e. The number of methoxy groups -OCH3 is 1. The molecule has 0 saturated heterocycles. The van der Waals surface area contributed by atoms with Crippen LogP contribution >= 0.6 is 0 Å². The van der Waals surface area contributed by atoms with Crippen LogP contribution in [0, 0.1) is 0 Å². The molecule has 6 nitrogen and oxygen atoms in total.